The van der Waals surface area contributed by atoms with E-state index in [0.717, 1.165) is 25.7 Å². The molecule has 10 nitrogen and oxygen atoms in total. The van der Waals surface area contributed by atoms with Crippen LogP contribution in [0.15, 0.2) is 23.0 Å². The maximum absolute atomic E-state index is 12.6. The second-order valence-electron chi connectivity index (χ2n) is 7.05. The largest absolute Gasteiger partial charge is 0.381 e. The first-order chi connectivity index (χ1) is 14.4. The second-order valence-corrected chi connectivity index (χ2v) is 7.84. The Morgan fingerprint density at radius 1 is 1.27 bits per heavy atom. The van der Waals surface area contributed by atoms with Crippen molar-refractivity contribution in [3.63, 3.8) is 0 Å². The fourth-order valence-corrected chi connectivity index (χ4v) is 4.17. The van der Waals surface area contributed by atoms with E-state index in [2.05, 4.69) is 20.3 Å². The standard InChI is InChI=1S/C18H18Cl2N6O4/c1-30-11-5-3-10(4-6-11)25-16-14(22-18(25)27)15(20)23-17(24-16)21-12-8-9(19)2-7-13(12)26(28)29/h2,7-8,10-11H,3-6H2,1H3,(H,22,27)(H,21,23,24)/t10-,11-. The van der Waals surface area contributed by atoms with Gasteiger partial charge in [-0.3, -0.25) is 14.7 Å². The van der Waals surface area contributed by atoms with Crippen LogP contribution in [-0.4, -0.2) is 37.7 Å². The Bertz CT molecular complexity index is 1170. The Morgan fingerprint density at radius 2 is 2.00 bits per heavy atom. The lowest BCUT2D eigenvalue weighted by atomic mass is 9.93. The van der Waals surface area contributed by atoms with Crippen molar-refractivity contribution in [2.24, 2.45) is 0 Å². The summed E-state index contributed by atoms with van der Waals surface area (Å²) >= 11 is 12.3. The highest BCUT2D eigenvalue weighted by Gasteiger charge is 2.27. The van der Waals surface area contributed by atoms with E-state index >= 15 is 0 Å². The van der Waals surface area contributed by atoms with E-state index in [0.29, 0.717) is 16.2 Å². The van der Waals surface area contributed by atoms with Gasteiger partial charge in [-0.15, -0.1) is 0 Å². The zero-order valence-corrected chi connectivity index (χ0v) is 17.4. The number of fused-ring (bicyclic) bond motifs is 1. The van der Waals surface area contributed by atoms with Gasteiger partial charge in [0.05, 0.1) is 11.0 Å². The Balaban J connectivity index is 1.74. The molecule has 2 aromatic heterocycles. The molecule has 0 radical (unpaired) electrons. The van der Waals surface area contributed by atoms with E-state index in [1.165, 1.54) is 18.2 Å². The highest BCUT2D eigenvalue weighted by molar-refractivity contribution is 6.33. The van der Waals surface area contributed by atoms with E-state index in [4.69, 9.17) is 27.9 Å². The van der Waals surface area contributed by atoms with Gasteiger partial charge in [0.2, 0.25) is 5.95 Å². The maximum Gasteiger partial charge on any atom is 0.328 e. The van der Waals surface area contributed by atoms with Crippen LogP contribution in [0.25, 0.3) is 11.2 Å². The summed E-state index contributed by atoms with van der Waals surface area (Å²) in [4.78, 5) is 34.7. The van der Waals surface area contributed by atoms with Gasteiger partial charge in [-0.05, 0) is 37.8 Å². The van der Waals surface area contributed by atoms with Crippen LogP contribution >= 0.6 is 23.2 Å². The minimum atomic E-state index is -0.542. The van der Waals surface area contributed by atoms with Crippen molar-refractivity contribution in [2.75, 3.05) is 12.4 Å². The van der Waals surface area contributed by atoms with Crippen LogP contribution in [0, 0.1) is 10.1 Å². The number of hydrogen-bond acceptors (Lipinski definition) is 7. The van der Waals surface area contributed by atoms with Gasteiger partial charge >= 0.3 is 5.69 Å². The second kappa shape index (κ2) is 8.21. The van der Waals surface area contributed by atoms with Gasteiger partial charge in [-0.2, -0.15) is 9.97 Å². The molecule has 1 aliphatic rings. The lowest BCUT2D eigenvalue weighted by Gasteiger charge is -2.28. The van der Waals surface area contributed by atoms with Crippen molar-refractivity contribution in [1.29, 1.82) is 0 Å². The average Bonchev–Trinajstić information content (AvgIpc) is 3.04. The third-order valence-electron chi connectivity index (χ3n) is 5.27. The highest BCUT2D eigenvalue weighted by Crippen LogP contribution is 2.33. The molecule has 1 saturated carbocycles. The molecule has 30 heavy (non-hydrogen) atoms. The summed E-state index contributed by atoms with van der Waals surface area (Å²) in [5.41, 5.74) is 0.263. The van der Waals surface area contributed by atoms with Crippen molar-refractivity contribution in [3.8, 4) is 0 Å². The third-order valence-corrected chi connectivity index (χ3v) is 5.78. The number of imidazole rings is 1. The number of benzene rings is 1. The normalized spacial score (nSPS) is 19.2. The third kappa shape index (κ3) is 3.85. The molecule has 1 fully saturated rings. The van der Waals surface area contributed by atoms with Gasteiger partial charge in [0.25, 0.3) is 5.69 Å². The van der Waals surface area contributed by atoms with Gasteiger partial charge in [0, 0.05) is 24.2 Å². The minimum absolute atomic E-state index is 0.0243. The number of halogens is 2. The zero-order valence-electron chi connectivity index (χ0n) is 15.9. The molecule has 0 unspecified atom stereocenters. The number of nitrogens with zero attached hydrogens (tertiary/aromatic N) is 4. The van der Waals surface area contributed by atoms with Crippen LogP contribution in [0.1, 0.15) is 31.7 Å². The van der Waals surface area contributed by atoms with E-state index < -0.39 is 4.92 Å². The van der Waals surface area contributed by atoms with Crippen molar-refractivity contribution in [3.05, 3.63) is 49.0 Å². The Labute approximate surface area is 180 Å². The predicted octanol–water partition coefficient (Wildman–Crippen LogP) is 4.21. The SMILES string of the molecule is CO[C@H]1CC[C@H](n2c(=O)[nH]c3c(Cl)nc(Nc4cc(Cl)ccc4[N+](=O)[O-])nc32)CC1. The summed E-state index contributed by atoms with van der Waals surface area (Å²) in [6.07, 6.45) is 3.36. The first kappa shape index (κ1) is 20.6. The number of nitro benzene ring substituents is 1. The fourth-order valence-electron chi connectivity index (χ4n) is 3.79. The number of nitro groups is 1. The number of methoxy groups -OCH3 is 1. The Morgan fingerprint density at radius 3 is 2.67 bits per heavy atom. The van der Waals surface area contributed by atoms with Crippen LogP contribution in [0.5, 0.6) is 0 Å². The first-order valence-electron chi connectivity index (χ1n) is 9.29. The van der Waals surface area contributed by atoms with Crippen LogP contribution in [-0.2, 0) is 4.74 Å². The van der Waals surface area contributed by atoms with Gasteiger partial charge < -0.3 is 15.0 Å². The zero-order chi connectivity index (χ0) is 21.4. The molecular formula is C18H18Cl2N6O4. The summed E-state index contributed by atoms with van der Waals surface area (Å²) in [5, 5.41) is 14.5. The Hall–Kier alpha value is -2.69. The molecule has 3 aromatic rings. The van der Waals surface area contributed by atoms with Crippen LogP contribution in [0.4, 0.5) is 17.3 Å². The van der Waals surface area contributed by atoms with Crippen LogP contribution < -0.4 is 11.0 Å². The van der Waals surface area contributed by atoms with Gasteiger partial charge in [0.1, 0.15) is 11.2 Å². The molecule has 0 bridgehead atoms. The average molecular weight is 453 g/mol. The molecule has 1 aromatic carbocycles. The topological polar surface area (TPSA) is 128 Å². The molecule has 0 spiro atoms. The summed E-state index contributed by atoms with van der Waals surface area (Å²) in [6.45, 7) is 0. The van der Waals surface area contributed by atoms with Gasteiger partial charge in [0.15, 0.2) is 10.8 Å². The molecule has 12 heteroatoms. The van der Waals surface area contributed by atoms with Crippen molar-refractivity contribution in [2.45, 2.75) is 37.8 Å². The molecule has 2 heterocycles. The van der Waals surface area contributed by atoms with Gasteiger partial charge in [-0.1, -0.05) is 23.2 Å². The number of aromatic amines is 1. The van der Waals surface area contributed by atoms with E-state index in [9.17, 15) is 14.9 Å². The van der Waals surface area contributed by atoms with Crippen molar-refractivity contribution >= 4 is 51.7 Å². The molecule has 0 amide bonds. The number of ether oxygens (including phenoxy) is 1. The number of aromatic nitrogens is 4. The van der Waals surface area contributed by atoms with E-state index in [-0.39, 0.29) is 40.3 Å². The molecule has 158 valence electrons. The Kier molecular flexibility index (Phi) is 5.63. The quantitative estimate of drug-likeness (QED) is 0.337. The van der Waals surface area contributed by atoms with Gasteiger partial charge in [-0.25, -0.2) is 4.79 Å². The highest BCUT2D eigenvalue weighted by atomic mass is 35.5. The number of anilines is 2. The predicted molar refractivity (Wildman–Crippen MR) is 113 cm³/mol. The molecule has 0 atom stereocenters. The number of nitrogens with one attached hydrogen (secondary N) is 2. The number of hydrogen-bond donors (Lipinski definition) is 2. The smallest absolute Gasteiger partial charge is 0.328 e. The first-order valence-corrected chi connectivity index (χ1v) is 10.0. The molecular weight excluding hydrogens is 435 g/mol. The van der Waals surface area contributed by atoms with Crippen molar-refractivity contribution in [1.82, 2.24) is 19.5 Å². The summed E-state index contributed by atoms with van der Waals surface area (Å²) in [7, 11) is 1.68. The number of H-pyrrole nitrogens is 1. The summed E-state index contributed by atoms with van der Waals surface area (Å²) < 4.78 is 6.98. The molecule has 2 N–H and O–H groups in total. The van der Waals surface area contributed by atoms with Crippen molar-refractivity contribution < 1.29 is 9.66 Å². The molecule has 0 aliphatic heterocycles. The maximum atomic E-state index is 12.6. The van der Waals surface area contributed by atoms with Crippen LogP contribution in [0.3, 0.4) is 0 Å². The number of rotatable bonds is 5. The summed E-state index contributed by atoms with van der Waals surface area (Å²) in [6, 6.07) is 4.04. The summed E-state index contributed by atoms with van der Waals surface area (Å²) in [5.74, 6) is 0.0243. The van der Waals surface area contributed by atoms with Crippen LogP contribution in [0.2, 0.25) is 10.2 Å². The fraction of sp³-hybridized carbons (Fsp3) is 0.389. The molecule has 4 rings (SSSR count). The van der Waals surface area contributed by atoms with E-state index in [1.807, 2.05) is 0 Å². The monoisotopic (exact) mass is 452 g/mol. The lowest BCUT2D eigenvalue weighted by Crippen LogP contribution is -2.28. The molecule has 1 aliphatic carbocycles. The minimum Gasteiger partial charge on any atom is -0.381 e. The molecule has 0 saturated heterocycles. The lowest BCUT2D eigenvalue weighted by molar-refractivity contribution is -0.383. The van der Waals surface area contributed by atoms with E-state index in [1.54, 1.807) is 11.7 Å².